The number of nitrogens with zero attached hydrogens (tertiary/aromatic N) is 2. The molecule has 2 rings (SSSR count). The molecule has 0 saturated carbocycles. The van der Waals surface area contributed by atoms with Gasteiger partial charge in [0.15, 0.2) is 0 Å². The lowest BCUT2D eigenvalue weighted by atomic mass is 10.1. The third-order valence-corrected chi connectivity index (χ3v) is 2.96. The maximum absolute atomic E-state index is 5.10. The van der Waals surface area contributed by atoms with Crippen LogP contribution in [0.4, 0.5) is 0 Å². The van der Waals surface area contributed by atoms with Crippen molar-refractivity contribution in [1.82, 2.24) is 0 Å². The van der Waals surface area contributed by atoms with Gasteiger partial charge in [0.1, 0.15) is 5.75 Å². The minimum atomic E-state index is 0.829. The predicted molar refractivity (Wildman–Crippen MR) is 88.5 cm³/mol. The van der Waals surface area contributed by atoms with Crippen molar-refractivity contribution in [2.24, 2.45) is 10.2 Å². The summed E-state index contributed by atoms with van der Waals surface area (Å²) in [6.07, 6.45) is 6.22. The molecule has 0 spiro atoms. The summed E-state index contributed by atoms with van der Waals surface area (Å²) in [5.41, 5.74) is 3.24. The summed E-state index contributed by atoms with van der Waals surface area (Å²) in [7, 11) is 1.65. The zero-order chi connectivity index (χ0) is 14.9. The molecule has 0 N–H and O–H groups in total. The Morgan fingerprint density at radius 3 is 1.90 bits per heavy atom. The highest BCUT2D eigenvalue weighted by Gasteiger charge is 1.91. The summed E-state index contributed by atoms with van der Waals surface area (Å²) >= 11 is 0. The molecule has 2 aromatic rings. The van der Waals surface area contributed by atoms with Gasteiger partial charge in [-0.25, -0.2) is 0 Å². The van der Waals surface area contributed by atoms with E-state index in [9.17, 15) is 0 Å². The van der Waals surface area contributed by atoms with Crippen molar-refractivity contribution < 1.29 is 4.74 Å². The van der Waals surface area contributed by atoms with E-state index in [2.05, 4.69) is 28.9 Å². The number of rotatable bonds is 6. The van der Waals surface area contributed by atoms with E-state index in [-0.39, 0.29) is 0 Å². The van der Waals surface area contributed by atoms with Gasteiger partial charge >= 0.3 is 0 Å². The van der Waals surface area contributed by atoms with Crippen LogP contribution < -0.4 is 4.74 Å². The molecule has 0 aromatic heterocycles. The topological polar surface area (TPSA) is 34.0 Å². The van der Waals surface area contributed by atoms with Crippen molar-refractivity contribution in [3.63, 3.8) is 0 Å². The third kappa shape index (κ3) is 4.73. The Labute approximate surface area is 125 Å². The van der Waals surface area contributed by atoms with Crippen LogP contribution in [0.15, 0.2) is 71.4 Å². The maximum atomic E-state index is 5.10. The second-order valence-corrected chi connectivity index (χ2v) is 4.50. The molecule has 0 aliphatic carbocycles. The van der Waals surface area contributed by atoms with E-state index >= 15 is 0 Å². The molecule has 0 radical (unpaired) electrons. The molecule has 0 amide bonds. The van der Waals surface area contributed by atoms with Crippen LogP contribution in [0.3, 0.4) is 0 Å². The van der Waals surface area contributed by atoms with Gasteiger partial charge in [0, 0.05) is 0 Å². The lowest BCUT2D eigenvalue weighted by Gasteiger charge is -1.98. The number of ether oxygens (including phenoxy) is 1. The monoisotopic (exact) mass is 278 g/mol. The first kappa shape index (κ1) is 14.7. The first-order valence-electron chi connectivity index (χ1n) is 6.72. The normalized spacial score (nSPS) is 11.1. The van der Waals surface area contributed by atoms with E-state index in [0.29, 0.717) is 0 Å². The Morgan fingerprint density at radius 1 is 0.905 bits per heavy atom. The fraction of sp³-hybridized carbons (Fsp3) is 0.111. The summed E-state index contributed by atoms with van der Waals surface area (Å²) in [5, 5.41) is 8.09. The molecule has 106 valence electrons. The van der Waals surface area contributed by atoms with Crippen LogP contribution in [0.2, 0.25) is 0 Å². The molecule has 0 bridgehead atoms. The molecule has 0 saturated heterocycles. The van der Waals surface area contributed by atoms with Gasteiger partial charge in [-0.05, 0) is 47.4 Å². The van der Waals surface area contributed by atoms with E-state index < -0.39 is 0 Å². The lowest BCUT2D eigenvalue weighted by molar-refractivity contribution is 0.415. The standard InChI is InChI=1S/C18H18N2O/c1-3-4-15-5-7-16(8-6-15)13-19-20-14-17-9-11-18(21-2)12-10-17/h3,5-14H,1,4H2,2H3/b19-13+,20-14+. The van der Waals surface area contributed by atoms with Crippen molar-refractivity contribution in [1.29, 1.82) is 0 Å². The summed E-state index contributed by atoms with van der Waals surface area (Å²) in [6.45, 7) is 3.73. The number of hydrogen-bond donors (Lipinski definition) is 0. The lowest BCUT2D eigenvalue weighted by Crippen LogP contribution is -1.85. The highest BCUT2D eigenvalue weighted by atomic mass is 16.5. The molecule has 0 unspecified atom stereocenters. The van der Waals surface area contributed by atoms with Gasteiger partial charge in [-0.15, -0.1) is 6.58 Å². The van der Waals surface area contributed by atoms with Gasteiger partial charge < -0.3 is 4.74 Å². The van der Waals surface area contributed by atoms with Gasteiger partial charge in [-0.2, -0.15) is 10.2 Å². The van der Waals surface area contributed by atoms with Crippen LogP contribution >= 0.6 is 0 Å². The van der Waals surface area contributed by atoms with Crippen LogP contribution in [0.1, 0.15) is 16.7 Å². The molecule has 21 heavy (non-hydrogen) atoms. The van der Waals surface area contributed by atoms with E-state index in [1.807, 2.05) is 42.5 Å². The van der Waals surface area contributed by atoms with Crippen molar-refractivity contribution in [2.75, 3.05) is 7.11 Å². The van der Waals surface area contributed by atoms with Crippen LogP contribution in [-0.4, -0.2) is 19.5 Å². The minimum absolute atomic E-state index is 0.829. The molecule has 3 nitrogen and oxygen atoms in total. The van der Waals surface area contributed by atoms with Crippen molar-refractivity contribution in [3.05, 3.63) is 77.9 Å². The Morgan fingerprint density at radius 2 is 1.43 bits per heavy atom. The Hall–Kier alpha value is -2.68. The number of hydrogen-bond acceptors (Lipinski definition) is 3. The smallest absolute Gasteiger partial charge is 0.118 e. The zero-order valence-electron chi connectivity index (χ0n) is 12.1. The average Bonchev–Trinajstić information content (AvgIpc) is 2.54. The van der Waals surface area contributed by atoms with Crippen LogP contribution in [0.25, 0.3) is 0 Å². The number of methoxy groups -OCH3 is 1. The second kappa shape index (κ2) is 7.80. The predicted octanol–water partition coefficient (Wildman–Crippen LogP) is 3.88. The van der Waals surface area contributed by atoms with E-state index in [1.165, 1.54) is 5.56 Å². The first-order chi connectivity index (χ1) is 10.3. The summed E-state index contributed by atoms with van der Waals surface area (Å²) in [6, 6.07) is 15.8. The van der Waals surface area contributed by atoms with Crippen LogP contribution in [-0.2, 0) is 6.42 Å². The number of benzene rings is 2. The third-order valence-electron chi connectivity index (χ3n) is 2.96. The van der Waals surface area contributed by atoms with Gasteiger partial charge in [-0.1, -0.05) is 30.3 Å². The SMILES string of the molecule is C=CCc1ccc(/C=N/N=C/c2ccc(OC)cc2)cc1. The maximum Gasteiger partial charge on any atom is 0.118 e. The Balaban J connectivity index is 1.94. The van der Waals surface area contributed by atoms with Crippen LogP contribution in [0, 0.1) is 0 Å². The summed E-state index contributed by atoms with van der Waals surface area (Å²) in [5.74, 6) is 0.829. The summed E-state index contributed by atoms with van der Waals surface area (Å²) in [4.78, 5) is 0. The van der Waals surface area contributed by atoms with Gasteiger partial charge in [0.05, 0.1) is 19.5 Å². The molecule has 3 heteroatoms. The highest BCUT2D eigenvalue weighted by Crippen LogP contribution is 2.09. The zero-order valence-corrected chi connectivity index (χ0v) is 12.1. The molecular weight excluding hydrogens is 260 g/mol. The van der Waals surface area contributed by atoms with Crippen molar-refractivity contribution in [3.8, 4) is 5.75 Å². The quantitative estimate of drug-likeness (QED) is 0.448. The van der Waals surface area contributed by atoms with E-state index in [0.717, 1.165) is 23.3 Å². The molecule has 0 fully saturated rings. The molecular formula is C18H18N2O. The first-order valence-corrected chi connectivity index (χ1v) is 6.72. The average molecular weight is 278 g/mol. The fourth-order valence-electron chi connectivity index (χ4n) is 1.80. The highest BCUT2D eigenvalue weighted by molar-refractivity contribution is 5.82. The van der Waals surface area contributed by atoms with E-state index in [1.54, 1.807) is 19.5 Å². The van der Waals surface area contributed by atoms with Gasteiger partial charge in [0.2, 0.25) is 0 Å². The molecule has 2 aromatic carbocycles. The molecule has 0 heterocycles. The van der Waals surface area contributed by atoms with Crippen molar-refractivity contribution in [2.45, 2.75) is 6.42 Å². The fourth-order valence-corrected chi connectivity index (χ4v) is 1.80. The Kier molecular flexibility index (Phi) is 5.47. The summed E-state index contributed by atoms with van der Waals surface area (Å²) < 4.78 is 5.10. The number of allylic oxidation sites excluding steroid dienone is 1. The van der Waals surface area contributed by atoms with Gasteiger partial charge in [0.25, 0.3) is 0 Å². The molecule has 0 atom stereocenters. The largest absolute Gasteiger partial charge is 0.497 e. The Bertz CT molecular complexity index is 625. The minimum Gasteiger partial charge on any atom is -0.497 e. The van der Waals surface area contributed by atoms with E-state index in [4.69, 9.17) is 4.74 Å². The second-order valence-electron chi connectivity index (χ2n) is 4.50. The van der Waals surface area contributed by atoms with Crippen LogP contribution in [0.5, 0.6) is 5.75 Å². The van der Waals surface area contributed by atoms with Crippen molar-refractivity contribution >= 4 is 12.4 Å². The van der Waals surface area contributed by atoms with Gasteiger partial charge in [-0.3, -0.25) is 0 Å². The molecule has 0 aliphatic heterocycles. The molecule has 0 aliphatic rings.